The molecule has 0 spiro atoms. The van der Waals surface area contributed by atoms with E-state index in [1.807, 2.05) is 13.8 Å². The summed E-state index contributed by atoms with van der Waals surface area (Å²) in [5, 5.41) is 32.0. The van der Waals surface area contributed by atoms with Crippen molar-refractivity contribution >= 4 is 21.9 Å². The van der Waals surface area contributed by atoms with Crippen LogP contribution in [0.3, 0.4) is 0 Å². The van der Waals surface area contributed by atoms with Crippen LogP contribution in [0.15, 0.2) is 51.7 Å². The maximum Gasteiger partial charge on any atom is 0.204 e. The highest BCUT2D eigenvalue weighted by molar-refractivity contribution is 5.97. The van der Waals surface area contributed by atoms with Crippen LogP contribution < -0.4 is 10.2 Å². The van der Waals surface area contributed by atoms with E-state index in [-0.39, 0.29) is 46.6 Å². The molecule has 3 atom stereocenters. The van der Waals surface area contributed by atoms with Crippen LogP contribution in [0.5, 0.6) is 11.5 Å². The molecular weight excluding hydrogens is 396 g/mol. The molecule has 1 aromatic heterocycles. The number of ether oxygens (including phenoxy) is 1. The van der Waals surface area contributed by atoms with Gasteiger partial charge in [0, 0.05) is 17.9 Å². The quantitative estimate of drug-likeness (QED) is 0.433. The second-order valence-corrected chi connectivity index (χ2v) is 8.46. The van der Waals surface area contributed by atoms with Crippen LogP contribution in [-0.2, 0) is 6.42 Å². The molecule has 0 unspecified atom stereocenters. The molecule has 162 valence electrons. The minimum absolute atomic E-state index is 0.00890. The van der Waals surface area contributed by atoms with Gasteiger partial charge in [-0.1, -0.05) is 30.4 Å². The van der Waals surface area contributed by atoms with Crippen molar-refractivity contribution in [1.82, 2.24) is 0 Å². The maximum atomic E-state index is 13.6. The van der Waals surface area contributed by atoms with Gasteiger partial charge in [-0.25, -0.2) is 0 Å². The molecule has 3 N–H and O–H groups in total. The molecule has 0 fully saturated rings. The molecule has 31 heavy (non-hydrogen) atoms. The van der Waals surface area contributed by atoms with E-state index in [0.717, 1.165) is 11.1 Å². The highest BCUT2D eigenvalue weighted by atomic mass is 16.5. The van der Waals surface area contributed by atoms with E-state index in [1.54, 1.807) is 19.1 Å². The molecule has 0 aliphatic carbocycles. The molecule has 0 saturated heterocycles. The lowest BCUT2D eigenvalue weighted by atomic mass is 9.85. The second kappa shape index (κ2) is 7.55. The average Bonchev–Trinajstić information content (AvgIpc) is 2.69. The number of fused-ring (bicyclic) bond motifs is 4. The van der Waals surface area contributed by atoms with Crippen molar-refractivity contribution in [1.29, 1.82) is 0 Å². The first-order valence-electron chi connectivity index (χ1n) is 10.2. The van der Waals surface area contributed by atoms with Crippen LogP contribution in [-0.4, -0.2) is 28.0 Å². The van der Waals surface area contributed by atoms with Gasteiger partial charge in [-0.15, -0.1) is 0 Å². The summed E-state index contributed by atoms with van der Waals surface area (Å²) in [5.41, 5.74) is 3.04. The summed E-state index contributed by atoms with van der Waals surface area (Å²) in [4.78, 5) is 13.6. The molecular formula is C25H26O6. The number of rotatable bonds is 4. The highest BCUT2D eigenvalue weighted by Gasteiger charge is 2.34. The van der Waals surface area contributed by atoms with Gasteiger partial charge in [-0.3, -0.25) is 4.79 Å². The number of hydrogen-bond donors (Lipinski definition) is 3. The van der Waals surface area contributed by atoms with Gasteiger partial charge >= 0.3 is 0 Å². The fourth-order valence-electron chi connectivity index (χ4n) is 4.19. The van der Waals surface area contributed by atoms with Gasteiger partial charge in [0.15, 0.2) is 0 Å². The van der Waals surface area contributed by atoms with Crippen LogP contribution in [0, 0.1) is 12.8 Å². The molecule has 3 aromatic rings. The van der Waals surface area contributed by atoms with E-state index in [0.29, 0.717) is 22.4 Å². The predicted octanol–water partition coefficient (Wildman–Crippen LogP) is 4.06. The van der Waals surface area contributed by atoms with Crippen LogP contribution in [0.1, 0.15) is 36.6 Å². The molecule has 0 amide bonds. The topological polar surface area (TPSA) is 100 Å². The number of benzene rings is 2. The van der Waals surface area contributed by atoms with Gasteiger partial charge in [-0.2, -0.15) is 0 Å². The fraction of sp³-hybridized carbons (Fsp3) is 0.320. The summed E-state index contributed by atoms with van der Waals surface area (Å²) in [6.07, 6.45) is -1.61. The zero-order valence-corrected chi connectivity index (χ0v) is 17.9. The largest absolute Gasteiger partial charge is 0.507 e. The van der Waals surface area contributed by atoms with Crippen molar-refractivity contribution in [3.05, 3.63) is 69.4 Å². The summed E-state index contributed by atoms with van der Waals surface area (Å²) in [5.74, 6) is -0.132. The Hall–Kier alpha value is -3.09. The van der Waals surface area contributed by atoms with Crippen molar-refractivity contribution < 1.29 is 24.5 Å². The summed E-state index contributed by atoms with van der Waals surface area (Å²) in [7, 11) is 0. The summed E-state index contributed by atoms with van der Waals surface area (Å²) in [6, 6.07) is 4.74. The molecule has 0 bridgehead atoms. The molecule has 1 aliphatic rings. The molecule has 0 radical (unpaired) electrons. The summed E-state index contributed by atoms with van der Waals surface area (Å²) in [6.45, 7) is 13.3. The Bertz CT molecular complexity index is 1300. The Labute approximate surface area is 179 Å². The van der Waals surface area contributed by atoms with E-state index in [9.17, 15) is 20.1 Å². The zero-order chi connectivity index (χ0) is 22.6. The van der Waals surface area contributed by atoms with Crippen molar-refractivity contribution in [2.75, 3.05) is 6.61 Å². The van der Waals surface area contributed by atoms with Gasteiger partial charge < -0.3 is 24.5 Å². The number of hydrogen-bond acceptors (Lipinski definition) is 6. The number of aliphatic hydroxyl groups is 2. The number of phenols is 1. The highest BCUT2D eigenvalue weighted by Crippen LogP contribution is 2.44. The van der Waals surface area contributed by atoms with Crippen LogP contribution in [0.2, 0.25) is 0 Å². The zero-order valence-electron chi connectivity index (χ0n) is 17.9. The third-order valence-electron chi connectivity index (χ3n) is 6.05. The SMILES string of the molecule is C=C(C)[C@H]1COc2c(C)cc3oc4c(C[C@H](O)C(=C)C)ccc(O)c4c(=O)c3c2[C@@H]1O. The monoisotopic (exact) mass is 422 g/mol. The number of phenolic OH excluding ortho intramolecular Hbond substituents is 1. The molecule has 0 saturated carbocycles. The van der Waals surface area contributed by atoms with Crippen molar-refractivity contribution in [2.24, 2.45) is 5.92 Å². The first-order chi connectivity index (χ1) is 14.6. The maximum absolute atomic E-state index is 13.6. The first-order valence-corrected chi connectivity index (χ1v) is 10.2. The van der Waals surface area contributed by atoms with Gasteiger partial charge in [0.1, 0.15) is 28.1 Å². The van der Waals surface area contributed by atoms with Gasteiger partial charge in [-0.05, 0) is 44.0 Å². The Morgan fingerprint density at radius 1 is 1.26 bits per heavy atom. The van der Waals surface area contributed by atoms with E-state index >= 15 is 0 Å². The van der Waals surface area contributed by atoms with Gasteiger partial charge in [0.25, 0.3) is 0 Å². The summed E-state index contributed by atoms with van der Waals surface area (Å²) >= 11 is 0. The smallest absolute Gasteiger partial charge is 0.204 e. The lowest BCUT2D eigenvalue weighted by Crippen LogP contribution is -2.28. The Balaban J connectivity index is 2.07. The fourth-order valence-corrected chi connectivity index (χ4v) is 4.19. The average molecular weight is 422 g/mol. The van der Waals surface area contributed by atoms with Crippen molar-refractivity contribution in [3.8, 4) is 11.5 Å². The van der Waals surface area contributed by atoms with E-state index in [1.165, 1.54) is 6.07 Å². The molecule has 6 nitrogen and oxygen atoms in total. The Kier molecular flexibility index (Phi) is 5.15. The van der Waals surface area contributed by atoms with Crippen LogP contribution in [0.25, 0.3) is 21.9 Å². The van der Waals surface area contributed by atoms with Crippen LogP contribution >= 0.6 is 0 Å². The predicted molar refractivity (Wildman–Crippen MR) is 120 cm³/mol. The van der Waals surface area contributed by atoms with Crippen molar-refractivity contribution in [2.45, 2.75) is 39.4 Å². The lowest BCUT2D eigenvalue weighted by molar-refractivity contribution is 0.0701. The molecule has 2 heterocycles. The standard InChI is InChI=1S/C25H26O6/c1-11(2)15-10-30-24-13(5)8-18-20(21(24)22(15)28)23(29)19-16(26)7-6-14(25(19)31-18)9-17(27)12(3)4/h6-8,15,17,22,26-28H,1,3,9-10H2,2,4-5H3/t15-,17+,22-/m1/s1. The first kappa shape index (κ1) is 21.2. The number of aromatic hydroxyl groups is 1. The minimum Gasteiger partial charge on any atom is -0.507 e. The summed E-state index contributed by atoms with van der Waals surface area (Å²) < 4.78 is 12.0. The van der Waals surface area contributed by atoms with E-state index in [4.69, 9.17) is 9.15 Å². The van der Waals surface area contributed by atoms with Gasteiger partial charge in [0.05, 0.1) is 24.2 Å². The molecule has 6 heteroatoms. The van der Waals surface area contributed by atoms with Gasteiger partial charge in [0.2, 0.25) is 5.43 Å². The molecule has 1 aliphatic heterocycles. The molecule has 4 rings (SSSR count). The van der Waals surface area contributed by atoms with E-state index in [2.05, 4.69) is 13.2 Å². The number of aryl methyl sites for hydroxylation is 1. The number of aliphatic hydroxyl groups excluding tert-OH is 2. The van der Waals surface area contributed by atoms with Crippen LogP contribution in [0.4, 0.5) is 0 Å². The lowest BCUT2D eigenvalue weighted by Gasteiger charge is -2.32. The Morgan fingerprint density at radius 3 is 2.61 bits per heavy atom. The Morgan fingerprint density at radius 2 is 1.97 bits per heavy atom. The second-order valence-electron chi connectivity index (χ2n) is 8.46. The third-order valence-corrected chi connectivity index (χ3v) is 6.05. The third kappa shape index (κ3) is 3.32. The van der Waals surface area contributed by atoms with E-state index < -0.39 is 17.6 Å². The molecule has 2 aromatic carbocycles. The van der Waals surface area contributed by atoms with Crippen molar-refractivity contribution in [3.63, 3.8) is 0 Å². The normalized spacial score (nSPS) is 19.1. The minimum atomic E-state index is -0.987.